The van der Waals surface area contributed by atoms with Crippen LogP contribution in [0, 0.1) is 10.1 Å². The number of nitrogens with zero attached hydrogens (tertiary/aromatic N) is 3. The first-order valence-corrected chi connectivity index (χ1v) is 14.3. The normalized spacial score (nSPS) is 16.2. The number of thiophene rings is 1. The van der Waals surface area contributed by atoms with Gasteiger partial charge in [-0.1, -0.05) is 41.7 Å². The van der Waals surface area contributed by atoms with Crippen molar-refractivity contribution in [1.82, 2.24) is 4.57 Å². The maximum Gasteiger partial charge on any atom is 0.284 e. The fourth-order valence-corrected chi connectivity index (χ4v) is 7.25. The molecule has 8 nitrogen and oxygen atoms in total. The topological polar surface area (TPSA) is 99.9 Å². The number of ether oxygens (including phenoxy) is 1. The number of methoxy groups -OCH3 is 1. The minimum atomic E-state index is -0.470. The highest BCUT2D eigenvalue weighted by Gasteiger charge is 2.33. The van der Waals surface area contributed by atoms with Crippen LogP contribution in [0.15, 0.2) is 91.9 Å². The van der Waals surface area contributed by atoms with E-state index >= 15 is 0 Å². The summed E-state index contributed by atoms with van der Waals surface area (Å²) in [7, 11) is 1.46. The average molecular weight is 568 g/mol. The summed E-state index contributed by atoms with van der Waals surface area (Å²) in [6.07, 6.45) is 3.43. The molecule has 2 aliphatic rings. The van der Waals surface area contributed by atoms with Crippen molar-refractivity contribution in [3.8, 4) is 17.1 Å². The smallest absolute Gasteiger partial charge is 0.284 e. The molecule has 0 spiro atoms. The summed E-state index contributed by atoms with van der Waals surface area (Å²) in [5, 5.41) is 13.7. The largest absolute Gasteiger partial charge is 0.497 e. The van der Waals surface area contributed by atoms with E-state index in [0.29, 0.717) is 32.2 Å². The summed E-state index contributed by atoms with van der Waals surface area (Å²) in [6.45, 7) is 0. The molecule has 0 saturated carbocycles. The zero-order valence-corrected chi connectivity index (χ0v) is 22.8. The van der Waals surface area contributed by atoms with Gasteiger partial charge in [0.1, 0.15) is 17.3 Å². The van der Waals surface area contributed by atoms with E-state index in [0.717, 1.165) is 34.6 Å². The van der Waals surface area contributed by atoms with Crippen molar-refractivity contribution in [2.45, 2.75) is 18.9 Å². The highest BCUT2D eigenvalue weighted by Crippen LogP contribution is 2.42. The van der Waals surface area contributed by atoms with E-state index in [1.807, 2.05) is 17.5 Å². The molecule has 2 aromatic carbocycles. The van der Waals surface area contributed by atoms with Gasteiger partial charge in [-0.2, -0.15) is 0 Å². The van der Waals surface area contributed by atoms with Gasteiger partial charge < -0.3 is 9.15 Å². The van der Waals surface area contributed by atoms with Crippen molar-refractivity contribution in [3.05, 3.63) is 129 Å². The zero-order valence-electron chi connectivity index (χ0n) is 21.2. The van der Waals surface area contributed by atoms with Crippen LogP contribution < -0.4 is 19.6 Å². The van der Waals surface area contributed by atoms with Gasteiger partial charge in [-0.25, -0.2) is 4.99 Å². The minimum Gasteiger partial charge on any atom is -0.497 e. The molecule has 0 unspecified atom stereocenters. The van der Waals surface area contributed by atoms with Gasteiger partial charge in [0.2, 0.25) is 0 Å². The van der Waals surface area contributed by atoms with E-state index in [-0.39, 0.29) is 17.3 Å². The van der Waals surface area contributed by atoms with Crippen LogP contribution in [-0.2, 0) is 6.42 Å². The molecule has 3 aromatic heterocycles. The molecule has 10 heteroatoms. The first-order valence-electron chi connectivity index (χ1n) is 12.6. The predicted molar refractivity (Wildman–Crippen MR) is 154 cm³/mol. The third-order valence-electron chi connectivity index (χ3n) is 7.25. The van der Waals surface area contributed by atoms with Crippen LogP contribution in [0.2, 0.25) is 0 Å². The molecule has 0 bridgehead atoms. The number of allylic oxidation sites excluding steroid dienone is 1. The number of benzene rings is 2. The quantitative estimate of drug-likeness (QED) is 0.205. The SMILES string of the molecule is COc1ccc(-c2ccc(/C=c3/sc4n(c3=O)[C@H](c3cccs3)C3=C(N=4)c4ccccc4CC3)o2)c([N+](=O)[O-])c1. The number of aryl methyl sites for hydroxylation is 1. The fourth-order valence-electron chi connectivity index (χ4n) is 5.42. The Hall–Kier alpha value is -4.54. The number of furan rings is 1. The van der Waals surface area contributed by atoms with E-state index in [1.54, 1.807) is 46.2 Å². The van der Waals surface area contributed by atoms with Crippen molar-refractivity contribution < 1.29 is 14.1 Å². The summed E-state index contributed by atoms with van der Waals surface area (Å²) in [5.41, 5.74) is 4.58. The lowest BCUT2D eigenvalue weighted by Crippen LogP contribution is -2.38. The number of hydrogen-bond donors (Lipinski definition) is 0. The predicted octanol–water partition coefficient (Wildman–Crippen LogP) is 5.56. The van der Waals surface area contributed by atoms with Crippen LogP contribution in [0.4, 0.5) is 5.69 Å². The monoisotopic (exact) mass is 567 g/mol. The van der Waals surface area contributed by atoms with Gasteiger partial charge in [-0.3, -0.25) is 19.5 Å². The number of hydrogen-bond acceptors (Lipinski definition) is 8. The number of thiazole rings is 1. The maximum absolute atomic E-state index is 13.9. The second kappa shape index (κ2) is 9.58. The Bertz CT molecular complexity index is 2010. The molecule has 0 saturated heterocycles. The van der Waals surface area contributed by atoms with Crippen LogP contribution in [0.5, 0.6) is 5.75 Å². The van der Waals surface area contributed by atoms with Crippen LogP contribution in [0.1, 0.15) is 34.2 Å². The van der Waals surface area contributed by atoms with E-state index in [9.17, 15) is 14.9 Å². The minimum absolute atomic E-state index is 0.124. The second-order valence-electron chi connectivity index (χ2n) is 9.47. The van der Waals surface area contributed by atoms with Gasteiger partial charge in [0.05, 0.1) is 39.9 Å². The Balaban J connectivity index is 1.36. The van der Waals surface area contributed by atoms with Gasteiger partial charge in [0.15, 0.2) is 4.80 Å². The number of aromatic nitrogens is 1. The van der Waals surface area contributed by atoms with E-state index in [2.05, 4.69) is 24.3 Å². The van der Waals surface area contributed by atoms with Crippen molar-refractivity contribution in [2.24, 2.45) is 4.99 Å². The number of fused-ring (bicyclic) bond motifs is 3. The van der Waals surface area contributed by atoms with Gasteiger partial charge in [0, 0.05) is 16.5 Å². The lowest BCUT2D eigenvalue weighted by molar-refractivity contribution is -0.384. The molecular formula is C30H21N3O5S2. The average Bonchev–Trinajstić information content (AvgIpc) is 3.73. The highest BCUT2D eigenvalue weighted by atomic mass is 32.1. The van der Waals surface area contributed by atoms with Gasteiger partial charge >= 0.3 is 0 Å². The van der Waals surface area contributed by atoms with E-state index < -0.39 is 4.92 Å². The van der Waals surface area contributed by atoms with Crippen molar-refractivity contribution in [1.29, 1.82) is 0 Å². The molecule has 0 amide bonds. The summed E-state index contributed by atoms with van der Waals surface area (Å²) in [5.74, 6) is 1.14. The number of nitro benzene ring substituents is 1. The molecule has 0 fully saturated rings. The molecular weight excluding hydrogens is 546 g/mol. The first kappa shape index (κ1) is 24.5. The van der Waals surface area contributed by atoms with Crippen molar-refractivity contribution in [2.75, 3.05) is 7.11 Å². The Kier molecular flexibility index (Phi) is 5.87. The molecule has 5 aromatic rings. The fraction of sp³-hybridized carbons (Fsp3) is 0.133. The summed E-state index contributed by atoms with van der Waals surface area (Å²) in [4.78, 5) is 31.8. The molecule has 198 valence electrons. The third-order valence-corrected chi connectivity index (χ3v) is 9.16. The first-order chi connectivity index (χ1) is 19.5. The summed E-state index contributed by atoms with van der Waals surface area (Å²) >= 11 is 2.96. The van der Waals surface area contributed by atoms with Crippen LogP contribution >= 0.6 is 22.7 Å². The molecule has 40 heavy (non-hydrogen) atoms. The van der Waals surface area contributed by atoms with Gasteiger partial charge in [-0.15, -0.1) is 11.3 Å². The van der Waals surface area contributed by atoms with Crippen LogP contribution in [0.3, 0.4) is 0 Å². The molecule has 0 radical (unpaired) electrons. The van der Waals surface area contributed by atoms with Gasteiger partial charge in [-0.05, 0) is 59.7 Å². The lowest BCUT2D eigenvalue weighted by atomic mass is 9.85. The van der Waals surface area contributed by atoms with Crippen LogP contribution in [0.25, 0.3) is 23.1 Å². The van der Waals surface area contributed by atoms with Crippen molar-refractivity contribution in [3.63, 3.8) is 0 Å². The molecule has 1 atom stereocenters. The summed E-state index contributed by atoms with van der Waals surface area (Å²) < 4.78 is 13.4. The Morgan fingerprint density at radius 2 is 1.98 bits per heavy atom. The van der Waals surface area contributed by atoms with Crippen molar-refractivity contribution >= 4 is 40.1 Å². The summed E-state index contributed by atoms with van der Waals surface area (Å²) in [6, 6.07) is 20.2. The van der Waals surface area contributed by atoms with E-state index in [4.69, 9.17) is 14.1 Å². The molecule has 7 rings (SSSR count). The zero-order chi connectivity index (χ0) is 27.4. The Morgan fingerprint density at radius 1 is 1.10 bits per heavy atom. The molecule has 1 aliphatic carbocycles. The molecule has 4 heterocycles. The van der Waals surface area contributed by atoms with Gasteiger partial charge in [0.25, 0.3) is 11.2 Å². The Labute approximate surface area is 235 Å². The highest BCUT2D eigenvalue weighted by molar-refractivity contribution is 7.10. The Morgan fingerprint density at radius 3 is 2.77 bits per heavy atom. The standard InChI is InChI=1S/C30H21N3O5S2/c1-37-18-9-12-21(23(15-18)33(35)36)24-13-10-19(38-24)16-26-29(34)32-28(25-7-4-14-39-25)22-11-8-17-5-2-3-6-20(17)27(22)31-30(32)40-26/h2-7,9-10,12-16,28H,8,11H2,1H3/b26-16+/t28-/m0/s1. The number of rotatable bonds is 5. The van der Waals surface area contributed by atoms with Crippen LogP contribution in [-0.4, -0.2) is 16.6 Å². The second-order valence-corrected chi connectivity index (χ2v) is 11.5. The third kappa shape index (κ3) is 3.95. The van der Waals surface area contributed by atoms with E-state index in [1.165, 1.54) is 30.1 Å². The number of nitro groups is 1. The molecule has 0 N–H and O–H groups in total. The molecule has 1 aliphatic heterocycles. The maximum atomic E-state index is 13.9. The lowest BCUT2D eigenvalue weighted by Gasteiger charge is -2.30.